The lowest BCUT2D eigenvalue weighted by atomic mass is 10.0. The predicted molar refractivity (Wildman–Crippen MR) is 73.8 cm³/mol. The van der Waals surface area contributed by atoms with E-state index in [-0.39, 0.29) is 0 Å². The van der Waals surface area contributed by atoms with Gasteiger partial charge in [0.1, 0.15) is 5.82 Å². The average molecular weight is 249 g/mol. The number of pyridine rings is 1. The first-order valence-corrected chi connectivity index (χ1v) is 6.69. The zero-order valence-corrected chi connectivity index (χ0v) is 11.3. The molecule has 0 amide bonds. The lowest BCUT2D eigenvalue weighted by Gasteiger charge is -2.38. The largest absolute Gasteiger partial charge is 0.381 e. The quantitative estimate of drug-likeness (QED) is 0.880. The molecule has 4 nitrogen and oxygen atoms in total. The van der Waals surface area contributed by atoms with Crippen LogP contribution in [0.4, 0.5) is 5.82 Å². The number of piperidine rings is 1. The third kappa shape index (κ3) is 3.00. The van der Waals surface area contributed by atoms with E-state index >= 15 is 0 Å². The topological polar surface area (TPSA) is 51.4 Å². The van der Waals surface area contributed by atoms with E-state index < -0.39 is 0 Å². The molecular formula is C14H23N3O. The molecule has 1 aliphatic heterocycles. The normalized spacial score (nSPS) is 24.3. The lowest BCUT2D eigenvalue weighted by Crippen LogP contribution is -2.43. The Morgan fingerprint density at radius 1 is 1.50 bits per heavy atom. The van der Waals surface area contributed by atoms with Crippen LogP contribution in [0.25, 0.3) is 0 Å². The van der Waals surface area contributed by atoms with E-state index in [9.17, 15) is 0 Å². The molecular weight excluding hydrogens is 226 g/mol. The summed E-state index contributed by atoms with van der Waals surface area (Å²) in [5.41, 5.74) is 6.75. The fourth-order valence-corrected chi connectivity index (χ4v) is 2.58. The first-order chi connectivity index (χ1) is 8.74. The number of rotatable bonds is 4. The van der Waals surface area contributed by atoms with E-state index in [1.165, 1.54) is 5.56 Å². The molecule has 0 aliphatic carbocycles. The van der Waals surface area contributed by atoms with Gasteiger partial charge in [0, 0.05) is 25.9 Å². The molecule has 2 rings (SSSR count). The number of nitrogens with zero attached hydrogens (tertiary/aromatic N) is 2. The van der Waals surface area contributed by atoms with Crippen molar-refractivity contribution in [1.29, 1.82) is 0 Å². The highest BCUT2D eigenvalue weighted by Gasteiger charge is 2.25. The molecule has 2 heterocycles. The molecule has 18 heavy (non-hydrogen) atoms. The molecule has 0 bridgehead atoms. The second-order valence-electron chi connectivity index (χ2n) is 4.99. The molecule has 1 saturated heterocycles. The number of aromatic nitrogens is 1. The van der Waals surface area contributed by atoms with Gasteiger partial charge in [0.2, 0.25) is 0 Å². The number of methoxy groups -OCH3 is 1. The summed E-state index contributed by atoms with van der Waals surface area (Å²) in [6.07, 6.45) is 5.38. The van der Waals surface area contributed by atoms with Crippen molar-refractivity contribution < 1.29 is 4.74 Å². The Morgan fingerprint density at radius 2 is 2.33 bits per heavy atom. The Balaban J connectivity index is 2.03. The van der Waals surface area contributed by atoms with Crippen molar-refractivity contribution in [3.05, 3.63) is 23.9 Å². The molecule has 0 aromatic carbocycles. The summed E-state index contributed by atoms with van der Waals surface area (Å²) in [6, 6.07) is 4.72. The summed E-state index contributed by atoms with van der Waals surface area (Å²) < 4.78 is 5.44. The molecule has 2 N–H and O–H groups in total. The van der Waals surface area contributed by atoms with E-state index in [1.54, 1.807) is 7.11 Å². The SMILES string of the molecule is COC1CCN(c2ccc(CCN)cn2)C(C)C1. The summed E-state index contributed by atoms with van der Waals surface area (Å²) >= 11 is 0. The molecule has 100 valence electrons. The van der Waals surface area contributed by atoms with E-state index in [4.69, 9.17) is 10.5 Å². The van der Waals surface area contributed by atoms with Gasteiger partial charge in [0.15, 0.2) is 0 Å². The first-order valence-electron chi connectivity index (χ1n) is 6.69. The van der Waals surface area contributed by atoms with Crippen LogP contribution in [0.2, 0.25) is 0 Å². The summed E-state index contributed by atoms with van der Waals surface area (Å²) in [4.78, 5) is 6.91. The van der Waals surface area contributed by atoms with Gasteiger partial charge in [0.05, 0.1) is 6.10 Å². The van der Waals surface area contributed by atoms with Crippen LogP contribution in [0.15, 0.2) is 18.3 Å². The summed E-state index contributed by atoms with van der Waals surface area (Å²) in [7, 11) is 1.80. The minimum atomic E-state index is 0.396. The fourth-order valence-electron chi connectivity index (χ4n) is 2.58. The van der Waals surface area contributed by atoms with Crippen LogP contribution < -0.4 is 10.6 Å². The number of hydrogen-bond donors (Lipinski definition) is 1. The zero-order chi connectivity index (χ0) is 13.0. The van der Waals surface area contributed by atoms with Gasteiger partial charge < -0.3 is 15.4 Å². The minimum absolute atomic E-state index is 0.396. The molecule has 4 heteroatoms. The molecule has 2 unspecified atom stereocenters. The highest BCUT2D eigenvalue weighted by Crippen LogP contribution is 2.24. The van der Waals surface area contributed by atoms with Crippen LogP contribution in [-0.4, -0.2) is 37.3 Å². The zero-order valence-electron chi connectivity index (χ0n) is 11.3. The van der Waals surface area contributed by atoms with Crippen molar-refractivity contribution in [2.75, 3.05) is 25.1 Å². The Bertz CT molecular complexity index is 366. The number of ether oxygens (including phenoxy) is 1. The van der Waals surface area contributed by atoms with Crippen molar-refractivity contribution in [2.24, 2.45) is 5.73 Å². The summed E-state index contributed by atoms with van der Waals surface area (Å²) in [6.45, 7) is 3.93. The van der Waals surface area contributed by atoms with Crippen molar-refractivity contribution in [3.8, 4) is 0 Å². The molecule has 0 radical (unpaired) electrons. The minimum Gasteiger partial charge on any atom is -0.381 e. The smallest absolute Gasteiger partial charge is 0.128 e. The van der Waals surface area contributed by atoms with E-state index in [0.29, 0.717) is 18.7 Å². The third-order valence-corrected chi connectivity index (χ3v) is 3.70. The highest BCUT2D eigenvalue weighted by atomic mass is 16.5. The van der Waals surface area contributed by atoms with E-state index in [1.807, 2.05) is 6.20 Å². The van der Waals surface area contributed by atoms with Gasteiger partial charge >= 0.3 is 0 Å². The predicted octanol–water partition coefficient (Wildman–Crippen LogP) is 1.59. The second-order valence-corrected chi connectivity index (χ2v) is 4.99. The summed E-state index contributed by atoms with van der Waals surface area (Å²) in [5, 5.41) is 0. The number of nitrogens with two attached hydrogens (primary N) is 1. The van der Waals surface area contributed by atoms with Crippen LogP contribution >= 0.6 is 0 Å². The average Bonchev–Trinajstić information content (AvgIpc) is 2.40. The maximum atomic E-state index is 5.54. The van der Waals surface area contributed by atoms with Gasteiger partial charge in [-0.3, -0.25) is 0 Å². The second kappa shape index (κ2) is 6.16. The molecule has 0 saturated carbocycles. The Hall–Kier alpha value is -1.13. The maximum Gasteiger partial charge on any atom is 0.128 e. The Labute approximate surface area is 109 Å². The van der Waals surface area contributed by atoms with Crippen LogP contribution in [0, 0.1) is 0 Å². The molecule has 1 fully saturated rings. The Kier molecular flexibility index (Phi) is 4.55. The van der Waals surface area contributed by atoms with Gasteiger partial charge in [-0.2, -0.15) is 0 Å². The maximum absolute atomic E-state index is 5.54. The van der Waals surface area contributed by atoms with Crippen LogP contribution in [0.1, 0.15) is 25.3 Å². The number of anilines is 1. The molecule has 1 aromatic rings. The van der Waals surface area contributed by atoms with Crippen molar-refractivity contribution in [1.82, 2.24) is 4.98 Å². The highest BCUT2D eigenvalue weighted by molar-refractivity contribution is 5.41. The van der Waals surface area contributed by atoms with E-state index in [2.05, 4.69) is 28.9 Å². The standard InChI is InChI=1S/C14H23N3O/c1-11-9-13(18-2)6-8-17(11)14-4-3-12(5-7-15)10-16-14/h3-4,10-11,13H,5-9,15H2,1-2H3. The van der Waals surface area contributed by atoms with Crippen LogP contribution in [0.5, 0.6) is 0 Å². The van der Waals surface area contributed by atoms with Crippen LogP contribution in [0.3, 0.4) is 0 Å². The molecule has 1 aromatic heterocycles. The number of hydrogen-bond acceptors (Lipinski definition) is 4. The summed E-state index contributed by atoms with van der Waals surface area (Å²) in [5.74, 6) is 1.07. The van der Waals surface area contributed by atoms with Gasteiger partial charge in [-0.05, 0) is 44.4 Å². The molecule has 1 aliphatic rings. The van der Waals surface area contributed by atoms with Crippen molar-refractivity contribution >= 4 is 5.82 Å². The first kappa shape index (κ1) is 13.3. The molecule has 0 spiro atoms. The van der Waals surface area contributed by atoms with Gasteiger partial charge in [-0.25, -0.2) is 4.98 Å². The van der Waals surface area contributed by atoms with Gasteiger partial charge in [0.25, 0.3) is 0 Å². The lowest BCUT2D eigenvalue weighted by molar-refractivity contribution is 0.0719. The monoisotopic (exact) mass is 249 g/mol. The Morgan fingerprint density at radius 3 is 2.89 bits per heavy atom. The fraction of sp³-hybridized carbons (Fsp3) is 0.643. The van der Waals surface area contributed by atoms with E-state index in [0.717, 1.165) is 31.6 Å². The third-order valence-electron chi connectivity index (χ3n) is 3.70. The van der Waals surface area contributed by atoms with Crippen LogP contribution in [-0.2, 0) is 11.2 Å². The van der Waals surface area contributed by atoms with Gasteiger partial charge in [-0.1, -0.05) is 6.07 Å². The van der Waals surface area contributed by atoms with Crippen molar-refractivity contribution in [2.45, 2.75) is 38.3 Å². The van der Waals surface area contributed by atoms with Crippen molar-refractivity contribution in [3.63, 3.8) is 0 Å². The molecule has 2 atom stereocenters. The van der Waals surface area contributed by atoms with Gasteiger partial charge in [-0.15, -0.1) is 0 Å².